The topological polar surface area (TPSA) is 131 Å². The quantitative estimate of drug-likeness (QED) is 0.544. The van der Waals surface area contributed by atoms with E-state index in [4.69, 9.17) is 9.26 Å². The van der Waals surface area contributed by atoms with Crippen LogP contribution in [0, 0.1) is 18.8 Å². The summed E-state index contributed by atoms with van der Waals surface area (Å²) in [5.41, 5.74) is 2.36. The highest BCUT2D eigenvalue weighted by atomic mass is 16.6. The summed E-state index contributed by atoms with van der Waals surface area (Å²) in [7, 11) is 0. The Kier molecular flexibility index (Phi) is 4.86. The van der Waals surface area contributed by atoms with Gasteiger partial charge in [-0.2, -0.15) is 0 Å². The van der Waals surface area contributed by atoms with Gasteiger partial charge in [-0.1, -0.05) is 23.9 Å². The first kappa shape index (κ1) is 19.0. The van der Waals surface area contributed by atoms with Gasteiger partial charge in [0.2, 0.25) is 0 Å². The van der Waals surface area contributed by atoms with Gasteiger partial charge < -0.3 is 24.8 Å². The summed E-state index contributed by atoms with van der Waals surface area (Å²) in [6.07, 6.45) is 4.95. The van der Waals surface area contributed by atoms with Gasteiger partial charge in [-0.05, 0) is 25.7 Å². The fourth-order valence-corrected chi connectivity index (χ4v) is 3.96. The Bertz CT molecular complexity index is 1110. The van der Waals surface area contributed by atoms with Crippen LogP contribution < -0.4 is 5.32 Å². The van der Waals surface area contributed by atoms with E-state index in [1.807, 2.05) is 6.92 Å². The number of anilines is 1. The maximum Gasteiger partial charge on any atom is 0.167 e. The van der Waals surface area contributed by atoms with Gasteiger partial charge in [0.1, 0.15) is 30.9 Å². The third kappa shape index (κ3) is 3.31. The normalized spacial score (nSPS) is 26.8. The Morgan fingerprint density at radius 1 is 1.17 bits per heavy atom. The largest absolute Gasteiger partial charge is 0.386 e. The van der Waals surface area contributed by atoms with Crippen LogP contribution in [-0.2, 0) is 4.74 Å². The number of hydrogen-bond donors (Lipinski definition) is 3. The van der Waals surface area contributed by atoms with Crippen molar-refractivity contribution in [1.29, 1.82) is 0 Å². The van der Waals surface area contributed by atoms with Crippen molar-refractivity contribution in [3.05, 3.63) is 30.2 Å². The van der Waals surface area contributed by atoms with Gasteiger partial charge in [-0.3, -0.25) is 4.57 Å². The molecule has 0 amide bonds. The molecule has 30 heavy (non-hydrogen) atoms. The molecule has 4 heterocycles. The first-order valence-electron chi connectivity index (χ1n) is 10.00. The molecule has 10 heteroatoms. The summed E-state index contributed by atoms with van der Waals surface area (Å²) in [5.74, 6) is 6.31. The van der Waals surface area contributed by atoms with Gasteiger partial charge in [-0.15, -0.1) is 0 Å². The van der Waals surface area contributed by atoms with Gasteiger partial charge >= 0.3 is 0 Å². The third-order valence-corrected chi connectivity index (χ3v) is 5.65. The SMILES string of the molecule is Cc1conc1C#C[C@H]1O[C@@H](n2cnc3c(NC4CCCC4)ncnc32)[C@H](O)[C@@H]1O. The van der Waals surface area contributed by atoms with Crippen LogP contribution in [0.25, 0.3) is 11.2 Å². The standard InChI is InChI=1S/C20H22N6O4/c1-11-8-29-25-13(11)6-7-14-16(27)17(28)20(30-14)26-10-23-15-18(21-9-22-19(15)26)24-12-4-2-3-5-12/h8-10,12,14,16-17,20,27-28H,2-5H2,1H3,(H,21,22,24)/t14-,16-,17-,20-/m1/s1. The molecule has 3 N–H and O–H groups in total. The molecule has 5 rings (SSSR count). The third-order valence-electron chi connectivity index (χ3n) is 5.65. The van der Waals surface area contributed by atoms with E-state index in [9.17, 15) is 10.2 Å². The zero-order valence-electron chi connectivity index (χ0n) is 16.4. The molecule has 2 fully saturated rings. The predicted molar refractivity (Wildman–Crippen MR) is 105 cm³/mol. The Morgan fingerprint density at radius 3 is 2.77 bits per heavy atom. The first-order chi connectivity index (χ1) is 14.6. The molecule has 2 aliphatic rings. The van der Waals surface area contributed by atoms with Crippen LogP contribution >= 0.6 is 0 Å². The summed E-state index contributed by atoms with van der Waals surface area (Å²) >= 11 is 0. The number of ether oxygens (including phenoxy) is 1. The number of fused-ring (bicyclic) bond motifs is 1. The number of aryl methyl sites for hydroxylation is 1. The molecule has 0 unspecified atom stereocenters. The molecule has 1 saturated heterocycles. The van der Waals surface area contributed by atoms with E-state index in [-0.39, 0.29) is 0 Å². The zero-order chi connectivity index (χ0) is 20.7. The Morgan fingerprint density at radius 2 is 2.00 bits per heavy atom. The van der Waals surface area contributed by atoms with Crippen LogP contribution in [0.1, 0.15) is 43.2 Å². The Labute approximate surface area is 172 Å². The van der Waals surface area contributed by atoms with Crippen molar-refractivity contribution in [2.24, 2.45) is 0 Å². The molecule has 1 aliphatic carbocycles. The Balaban J connectivity index is 1.41. The van der Waals surface area contributed by atoms with Gasteiger partial charge in [0.15, 0.2) is 28.9 Å². The number of aliphatic hydroxyl groups excluding tert-OH is 2. The molecule has 3 aromatic heterocycles. The fraction of sp³-hybridized carbons (Fsp3) is 0.500. The lowest BCUT2D eigenvalue weighted by molar-refractivity contribution is -0.0230. The Hall–Kier alpha value is -3.00. The highest BCUT2D eigenvalue weighted by Gasteiger charge is 2.43. The van der Waals surface area contributed by atoms with Crippen molar-refractivity contribution in [1.82, 2.24) is 24.7 Å². The van der Waals surface area contributed by atoms with Gasteiger partial charge in [0.05, 0.1) is 6.33 Å². The van der Waals surface area contributed by atoms with Gasteiger partial charge in [0.25, 0.3) is 0 Å². The lowest BCUT2D eigenvalue weighted by Crippen LogP contribution is -2.31. The molecular weight excluding hydrogens is 388 g/mol. The van der Waals surface area contributed by atoms with E-state index < -0.39 is 24.5 Å². The summed E-state index contributed by atoms with van der Waals surface area (Å²) in [6.45, 7) is 1.82. The number of nitrogens with zero attached hydrogens (tertiary/aromatic N) is 5. The van der Waals surface area contributed by atoms with E-state index in [0.717, 1.165) is 18.4 Å². The van der Waals surface area contributed by atoms with Gasteiger partial charge in [0, 0.05) is 11.6 Å². The molecule has 0 bridgehead atoms. The number of nitrogens with one attached hydrogen (secondary N) is 1. The van der Waals surface area contributed by atoms with Crippen LogP contribution in [0.5, 0.6) is 0 Å². The molecule has 4 atom stereocenters. The van der Waals surface area contributed by atoms with Crippen LogP contribution in [0.2, 0.25) is 0 Å². The molecule has 10 nitrogen and oxygen atoms in total. The minimum atomic E-state index is -1.19. The molecule has 3 aromatic rings. The first-order valence-corrected chi connectivity index (χ1v) is 10.00. The predicted octanol–water partition coefficient (Wildman–Crippen LogP) is 1.15. The van der Waals surface area contributed by atoms with Crippen LogP contribution in [-0.4, -0.2) is 59.2 Å². The van der Waals surface area contributed by atoms with Crippen LogP contribution in [0.15, 0.2) is 23.4 Å². The maximum atomic E-state index is 10.6. The lowest BCUT2D eigenvalue weighted by Gasteiger charge is -2.16. The number of rotatable bonds is 3. The summed E-state index contributed by atoms with van der Waals surface area (Å²) in [4.78, 5) is 13.1. The minimum absolute atomic E-state index is 0.378. The molecular formula is C20H22N6O4. The summed E-state index contributed by atoms with van der Waals surface area (Å²) in [5, 5.41) is 28.3. The fourth-order valence-electron chi connectivity index (χ4n) is 3.96. The second kappa shape index (κ2) is 7.68. The van der Waals surface area contributed by atoms with E-state index in [1.54, 1.807) is 4.57 Å². The number of aromatic nitrogens is 5. The zero-order valence-corrected chi connectivity index (χ0v) is 16.4. The average molecular weight is 410 g/mol. The molecule has 1 saturated carbocycles. The number of imidazole rings is 1. The molecule has 1 aliphatic heterocycles. The highest BCUT2D eigenvalue weighted by molar-refractivity contribution is 5.82. The molecule has 0 aromatic carbocycles. The molecule has 156 valence electrons. The second-order valence-electron chi connectivity index (χ2n) is 7.72. The van der Waals surface area contributed by atoms with Crippen molar-refractivity contribution >= 4 is 17.0 Å². The van der Waals surface area contributed by atoms with Crippen LogP contribution in [0.4, 0.5) is 5.82 Å². The van der Waals surface area contributed by atoms with E-state index in [1.165, 1.54) is 31.8 Å². The van der Waals surface area contributed by atoms with E-state index in [2.05, 4.69) is 37.3 Å². The monoisotopic (exact) mass is 410 g/mol. The van der Waals surface area contributed by atoms with Crippen molar-refractivity contribution in [3.8, 4) is 11.8 Å². The smallest absolute Gasteiger partial charge is 0.167 e. The second-order valence-corrected chi connectivity index (χ2v) is 7.72. The minimum Gasteiger partial charge on any atom is -0.386 e. The van der Waals surface area contributed by atoms with Gasteiger partial charge in [-0.25, -0.2) is 15.0 Å². The summed E-state index contributed by atoms with van der Waals surface area (Å²) < 4.78 is 12.3. The van der Waals surface area contributed by atoms with Crippen molar-refractivity contribution in [2.75, 3.05) is 5.32 Å². The average Bonchev–Trinajstić information content (AvgIpc) is 3.52. The molecule has 0 radical (unpaired) electrons. The van der Waals surface area contributed by atoms with Crippen LogP contribution in [0.3, 0.4) is 0 Å². The lowest BCUT2D eigenvalue weighted by atomic mass is 10.1. The number of hydrogen-bond acceptors (Lipinski definition) is 9. The van der Waals surface area contributed by atoms with Crippen molar-refractivity contribution in [2.45, 2.75) is 63.2 Å². The van der Waals surface area contributed by atoms with Crippen molar-refractivity contribution < 1.29 is 19.5 Å². The van der Waals surface area contributed by atoms with E-state index in [0.29, 0.717) is 28.7 Å². The maximum absolute atomic E-state index is 10.6. The number of aliphatic hydroxyl groups is 2. The summed E-state index contributed by atoms with van der Waals surface area (Å²) in [6, 6.07) is 0.378. The highest BCUT2D eigenvalue weighted by Crippen LogP contribution is 2.32. The van der Waals surface area contributed by atoms with E-state index >= 15 is 0 Å². The van der Waals surface area contributed by atoms with Crippen molar-refractivity contribution in [3.63, 3.8) is 0 Å². The molecule has 0 spiro atoms.